The van der Waals surface area contributed by atoms with Crippen LogP contribution in [-0.2, 0) is 32.9 Å². The molecule has 0 bridgehead atoms. The second-order valence-corrected chi connectivity index (χ2v) is 11.4. The third kappa shape index (κ3) is 1.82. The molecule has 0 N–H and O–H groups in total. The van der Waals surface area contributed by atoms with Crippen LogP contribution in [0.25, 0.3) is 0 Å². The molecule has 4 heteroatoms. The smallest absolute Gasteiger partial charge is 0 e. The first-order chi connectivity index (χ1) is 8.20. The number of anilines is 1. The van der Waals surface area contributed by atoms with Gasteiger partial charge in [0, 0.05) is 18.6 Å². The minimum atomic E-state index is -0.858. The summed E-state index contributed by atoms with van der Waals surface area (Å²) in [4.78, 5) is 14.6. The standard InChI is InChI=1S/C12H12NO.C2H5.In.V/c1-13-10-7-3-5-8-4-2-6-9(11(8)10)12(13)14;1-2;;/h3,5,7H,2,4,6H2,1H3;1H2,2H3;;. The molecule has 0 aromatic heterocycles. The number of carbonyl (C=O) groups excluding carboxylic acids is 1. The SMILES string of the molecule is C[CH2][In][C]12CCCc3cccc(c31)N(C)C2=O.[V]. The number of aryl methyl sites for hydroxylation is 1. The summed E-state index contributed by atoms with van der Waals surface area (Å²) in [7, 11) is 1.95. The molecular weight excluding hydrogens is 364 g/mol. The van der Waals surface area contributed by atoms with Gasteiger partial charge in [0.25, 0.3) is 0 Å². The molecule has 1 unspecified atom stereocenters. The predicted molar refractivity (Wildman–Crippen MR) is 70.7 cm³/mol. The number of rotatable bonds is 2. The maximum Gasteiger partial charge on any atom is 0 e. The predicted octanol–water partition coefficient (Wildman–Crippen LogP) is 2.33. The van der Waals surface area contributed by atoms with E-state index in [0.717, 1.165) is 6.42 Å². The molecule has 2 radical (unpaired) electrons. The van der Waals surface area contributed by atoms with Crippen LogP contribution in [0.5, 0.6) is 0 Å². The Hall–Kier alpha value is 0.145. The van der Waals surface area contributed by atoms with Gasteiger partial charge in [-0.2, -0.15) is 0 Å². The molecule has 3 rings (SSSR count). The van der Waals surface area contributed by atoms with E-state index >= 15 is 0 Å². The Bertz CT molecular complexity index is 491. The fraction of sp³-hybridized carbons (Fsp3) is 0.500. The Morgan fingerprint density at radius 2 is 2.22 bits per heavy atom. The molecular formula is C14H17InNOV. The molecule has 0 fully saturated rings. The van der Waals surface area contributed by atoms with Crippen LogP contribution in [0.2, 0.25) is 4.18 Å². The molecule has 1 aromatic carbocycles. The topological polar surface area (TPSA) is 20.3 Å². The van der Waals surface area contributed by atoms with Crippen molar-refractivity contribution in [3.8, 4) is 0 Å². The number of hydrogen-bond donors (Lipinski definition) is 0. The van der Waals surface area contributed by atoms with E-state index in [1.165, 1.54) is 33.8 Å². The average Bonchev–Trinajstić information content (AvgIpc) is 2.56. The average molecular weight is 381 g/mol. The Labute approximate surface area is 132 Å². The molecule has 1 aliphatic heterocycles. The second kappa shape index (κ2) is 5.26. The van der Waals surface area contributed by atoms with Crippen molar-refractivity contribution >= 4 is 34.5 Å². The van der Waals surface area contributed by atoms with Gasteiger partial charge in [0.05, 0.1) is 0 Å². The third-order valence-electron chi connectivity index (χ3n) is 4.19. The molecule has 92 valence electrons. The van der Waals surface area contributed by atoms with Crippen molar-refractivity contribution in [2.75, 3.05) is 11.9 Å². The number of nitrogens with zero attached hydrogens (tertiary/aromatic N) is 1. The van der Waals surface area contributed by atoms with Gasteiger partial charge >= 0.3 is 114 Å². The van der Waals surface area contributed by atoms with E-state index in [1.807, 2.05) is 11.9 Å². The fourth-order valence-electron chi connectivity index (χ4n) is 3.53. The normalized spacial score (nSPS) is 24.6. The van der Waals surface area contributed by atoms with Gasteiger partial charge in [0.2, 0.25) is 0 Å². The van der Waals surface area contributed by atoms with Crippen LogP contribution in [0.15, 0.2) is 18.2 Å². The second-order valence-electron chi connectivity index (χ2n) is 5.11. The Morgan fingerprint density at radius 1 is 1.44 bits per heavy atom. The van der Waals surface area contributed by atoms with Crippen LogP contribution < -0.4 is 4.90 Å². The summed E-state index contributed by atoms with van der Waals surface area (Å²) in [5.41, 5.74) is 4.08. The fourth-order valence-corrected chi connectivity index (χ4v) is 9.27. The van der Waals surface area contributed by atoms with Gasteiger partial charge in [-0.1, -0.05) is 0 Å². The van der Waals surface area contributed by atoms with Gasteiger partial charge in [0.15, 0.2) is 0 Å². The van der Waals surface area contributed by atoms with Crippen molar-refractivity contribution in [3.63, 3.8) is 0 Å². The van der Waals surface area contributed by atoms with Gasteiger partial charge in [-0.25, -0.2) is 0 Å². The summed E-state index contributed by atoms with van der Waals surface area (Å²) in [6.07, 6.45) is 3.48. The summed E-state index contributed by atoms with van der Waals surface area (Å²) in [5.74, 6) is 0.405. The molecule has 0 saturated heterocycles. The maximum atomic E-state index is 12.7. The van der Waals surface area contributed by atoms with Gasteiger partial charge in [-0.05, 0) is 0 Å². The Balaban J connectivity index is 0.00000120. The molecule has 2 nitrogen and oxygen atoms in total. The van der Waals surface area contributed by atoms with Gasteiger partial charge in [0.1, 0.15) is 0 Å². The molecule has 1 aromatic rings. The van der Waals surface area contributed by atoms with E-state index in [4.69, 9.17) is 0 Å². The zero-order valence-corrected chi connectivity index (χ0v) is 15.6. The van der Waals surface area contributed by atoms with E-state index in [0.29, 0.717) is 5.91 Å². The van der Waals surface area contributed by atoms with Crippen molar-refractivity contribution in [2.45, 2.75) is 33.5 Å². The minimum Gasteiger partial charge on any atom is 0 e. The zero-order valence-electron chi connectivity index (χ0n) is 10.9. The number of hydrogen-bond acceptors (Lipinski definition) is 1. The van der Waals surface area contributed by atoms with E-state index < -0.39 is 22.9 Å². The maximum absolute atomic E-state index is 12.7. The molecule has 0 saturated carbocycles. The van der Waals surface area contributed by atoms with Crippen molar-refractivity contribution in [1.29, 1.82) is 0 Å². The molecule has 1 amide bonds. The summed E-state index contributed by atoms with van der Waals surface area (Å²) in [6, 6.07) is 6.47. The minimum absolute atomic E-state index is 0. The Kier molecular flexibility index (Phi) is 4.25. The Morgan fingerprint density at radius 3 is 2.94 bits per heavy atom. The van der Waals surface area contributed by atoms with Crippen LogP contribution >= 0.6 is 0 Å². The van der Waals surface area contributed by atoms with Crippen molar-refractivity contribution in [2.24, 2.45) is 0 Å². The molecule has 2 aliphatic rings. The first-order valence-electron chi connectivity index (χ1n) is 6.45. The van der Waals surface area contributed by atoms with Crippen LogP contribution in [0.1, 0.15) is 30.9 Å². The molecule has 1 atom stereocenters. The molecule has 0 spiro atoms. The first kappa shape index (κ1) is 14.6. The first-order valence-corrected chi connectivity index (χ1v) is 10.4. The summed E-state index contributed by atoms with van der Waals surface area (Å²) < 4.78 is 1.27. The van der Waals surface area contributed by atoms with Gasteiger partial charge in [-0.3, -0.25) is 0 Å². The summed E-state index contributed by atoms with van der Waals surface area (Å²) in [6.45, 7) is 2.26. The largest absolute Gasteiger partial charge is 0 e. The number of benzene rings is 1. The zero-order chi connectivity index (χ0) is 12.0. The van der Waals surface area contributed by atoms with Crippen LogP contribution in [0, 0.1) is 0 Å². The van der Waals surface area contributed by atoms with Crippen molar-refractivity contribution < 1.29 is 23.4 Å². The van der Waals surface area contributed by atoms with E-state index in [2.05, 4.69) is 25.1 Å². The monoisotopic (exact) mass is 381 g/mol. The van der Waals surface area contributed by atoms with Crippen LogP contribution in [-0.4, -0.2) is 35.9 Å². The van der Waals surface area contributed by atoms with Crippen molar-refractivity contribution in [1.82, 2.24) is 0 Å². The number of amides is 1. The third-order valence-corrected chi connectivity index (χ3v) is 9.70. The quantitative estimate of drug-likeness (QED) is 0.771. The van der Waals surface area contributed by atoms with E-state index in [1.54, 1.807) is 0 Å². The van der Waals surface area contributed by atoms with Crippen LogP contribution in [0.3, 0.4) is 0 Å². The van der Waals surface area contributed by atoms with Crippen molar-refractivity contribution in [3.05, 3.63) is 29.3 Å². The van der Waals surface area contributed by atoms with Crippen LogP contribution in [0.4, 0.5) is 5.69 Å². The van der Waals surface area contributed by atoms with Gasteiger partial charge in [-0.15, -0.1) is 0 Å². The van der Waals surface area contributed by atoms with Gasteiger partial charge < -0.3 is 0 Å². The summed E-state index contributed by atoms with van der Waals surface area (Å²) in [5, 5.41) is 0. The number of carbonyl (C=O) groups is 1. The summed E-state index contributed by atoms with van der Waals surface area (Å²) >= 11 is -0.858. The molecule has 1 aliphatic carbocycles. The molecule has 18 heavy (non-hydrogen) atoms. The van der Waals surface area contributed by atoms with E-state index in [-0.39, 0.29) is 21.7 Å². The molecule has 1 heterocycles. The van der Waals surface area contributed by atoms with E-state index in [9.17, 15) is 4.79 Å². The number of likely N-dealkylation sites (N-methyl/N-ethyl adjacent to an activating group) is 1.